The standard InChI is InChI=1S/C12H10F3N3O5S/c1-2-22-11(19)9-5-6-18(17-9)10-4-3-8(7-16-10)23-24(20,21)12(13,14)15/h3-7H,2H2,1H3. The van der Waals surface area contributed by atoms with Gasteiger partial charge < -0.3 is 8.92 Å². The molecule has 12 heteroatoms. The van der Waals surface area contributed by atoms with E-state index in [1.807, 2.05) is 0 Å². The van der Waals surface area contributed by atoms with Crippen molar-refractivity contribution in [2.24, 2.45) is 0 Å². The molecule has 0 bridgehead atoms. The van der Waals surface area contributed by atoms with Crippen molar-refractivity contribution < 1.29 is 35.3 Å². The minimum absolute atomic E-state index is 0.0126. The van der Waals surface area contributed by atoms with Gasteiger partial charge in [0.15, 0.2) is 17.3 Å². The van der Waals surface area contributed by atoms with Gasteiger partial charge in [0.1, 0.15) is 0 Å². The highest BCUT2D eigenvalue weighted by molar-refractivity contribution is 7.87. The first-order chi connectivity index (χ1) is 11.1. The van der Waals surface area contributed by atoms with Gasteiger partial charge >= 0.3 is 21.6 Å². The van der Waals surface area contributed by atoms with Crippen LogP contribution in [0.25, 0.3) is 5.82 Å². The molecule has 0 fully saturated rings. The topological polar surface area (TPSA) is 100 Å². The number of carbonyl (C=O) groups is 1. The monoisotopic (exact) mass is 365 g/mol. The van der Waals surface area contributed by atoms with Crippen molar-refractivity contribution in [3.05, 3.63) is 36.3 Å². The largest absolute Gasteiger partial charge is 0.534 e. The molecule has 2 heterocycles. The number of ether oxygens (including phenoxy) is 1. The maximum atomic E-state index is 12.2. The van der Waals surface area contributed by atoms with Crippen LogP contribution in [-0.2, 0) is 14.9 Å². The van der Waals surface area contributed by atoms with E-state index in [0.29, 0.717) is 0 Å². The van der Waals surface area contributed by atoms with E-state index in [1.165, 1.54) is 18.3 Å². The molecule has 0 aromatic carbocycles. The van der Waals surface area contributed by atoms with Gasteiger partial charge in [0.25, 0.3) is 0 Å². The number of carbonyl (C=O) groups excluding carboxylic acids is 1. The molecule has 0 saturated carbocycles. The molecular formula is C12H10F3N3O5S. The smallest absolute Gasteiger partial charge is 0.461 e. The lowest BCUT2D eigenvalue weighted by molar-refractivity contribution is -0.0500. The highest BCUT2D eigenvalue weighted by atomic mass is 32.2. The second kappa shape index (κ2) is 6.47. The number of hydrogen-bond donors (Lipinski definition) is 0. The fourth-order valence-corrected chi connectivity index (χ4v) is 1.94. The van der Waals surface area contributed by atoms with E-state index in [2.05, 4.69) is 14.3 Å². The lowest BCUT2D eigenvalue weighted by Crippen LogP contribution is -2.28. The van der Waals surface area contributed by atoms with E-state index in [0.717, 1.165) is 16.9 Å². The lowest BCUT2D eigenvalue weighted by Gasteiger charge is -2.09. The number of nitrogens with zero attached hydrogens (tertiary/aromatic N) is 3. The van der Waals surface area contributed by atoms with E-state index < -0.39 is 27.3 Å². The van der Waals surface area contributed by atoms with Gasteiger partial charge in [-0.05, 0) is 25.1 Å². The molecule has 0 atom stereocenters. The number of halogens is 3. The van der Waals surface area contributed by atoms with Gasteiger partial charge in [-0.1, -0.05) is 0 Å². The van der Waals surface area contributed by atoms with E-state index in [1.54, 1.807) is 6.92 Å². The maximum absolute atomic E-state index is 12.2. The highest BCUT2D eigenvalue weighted by Crippen LogP contribution is 2.26. The van der Waals surface area contributed by atoms with Crippen LogP contribution >= 0.6 is 0 Å². The average molecular weight is 365 g/mol. The van der Waals surface area contributed by atoms with Crippen molar-refractivity contribution >= 4 is 16.1 Å². The zero-order chi connectivity index (χ0) is 18.0. The summed E-state index contributed by atoms with van der Waals surface area (Å²) in [6.45, 7) is 1.80. The Kier molecular flexibility index (Phi) is 4.78. The molecule has 0 radical (unpaired) electrons. The van der Waals surface area contributed by atoms with E-state index in [4.69, 9.17) is 4.74 Å². The summed E-state index contributed by atoms with van der Waals surface area (Å²) in [6, 6.07) is 3.50. The van der Waals surface area contributed by atoms with Gasteiger partial charge in [-0.15, -0.1) is 0 Å². The quantitative estimate of drug-likeness (QED) is 0.451. The normalized spacial score (nSPS) is 12.0. The summed E-state index contributed by atoms with van der Waals surface area (Å²) < 4.78 is 68.2. The van der Waals surface area contributed by atoms with Crippen molar-refractivity contribution in [2.45, 2.75) is 12.4 Å². The van der Waals surface area contributed by atoms with E-state index >= 15 is 0 Å². The van der Waals surface area contributed by atoms with Crippen LogP contribution in [0, 0.1) is 0 Å². The van der Waals surface area contributed by atoms with Gasteiger partial charge in [0.2, 0.25) is 0 Å². The predicted octanol–water partition coefficient (Wildman–Crippen LogP) is 1.67. The number of esters is 1. The van der Waals surface area contributed by atoms with Gasteiger partial charge in [-0.25, -0.2) is 14.5 Å². The summed E-state index contributed by atoms with van der Waals surface area (Å²) in [5.74, 6) is -1.14. The lowest BCUT2D eigenvalue weighted by atomic mass is 10.4. The van der Waals surface area contributed by atoms with Crippen molar-refractivity contribution in [2.75, 3.05) is 6.61 Å². The van der Waals surface area contributed by atoms with Gasteiger partial charge in [-0.2, -0.15) is 26.7 Å². The molecule has 0 N–H and O–H groups in total. The van der Waals surface area contributed by atoms with Crippen LogP contribution in [0.5, 0.6) is 5.75 Å². The number of hydrogen-bond acceptors (Lipinski definition) is 7. The first kappa shape index (κ1) is 17.7. The molecule has 0 aliphatic rings. The Bertz CT molecular complexity index is 830. The summed E-state index contributed by atoms with van der Waals surface area (Å²) in [5.41, 5.74) is -5.53. The maximum Gasteiger partial charge on any atom is 0.534 e. The Hall–Kier alpha value is -2.63. The highest BCUT2D eigenvalue weighted by Gasteiger charge is 2.48. The molecule has 0 unspecified atom stereocenters. The zero-order valence-electron chi connectivity index (χ0n) is 12.0. The molecule has 2 aromatic heterocycles. The third-order valence-electron chi connectivity index (χ3n) is 2.52. The molecule has 0 saturated heterocycles. The molecule has 0 amide bonds. The zero-order valence-corrected chi connectivity index (χ0v) is 12.8. The molecule has 24 heavy (non-hydrogen) atoms. The van der Waals surface area contributed by atoms with Crippen molar-refractivity contribution in [3.63, 3.8) is 0 Å². The molecule has 130 valence electrons. The van der Waals surface area contributed by atoms with Crippen molar-refractivity contribution in [3.8, 4) is 11.6 Å². The Morgan fingerprint density at radius 1 is 1.29 bits per heavy atom. The van der Waals surface area contributed by atoms with E-state index in [9.17, 15) is 26.4 Å². The molecule has 0 aliphatic carbocycles. The molecule has 0 spiro atoms. The first-order valence-electron chi connectivity index (χ1n) is 6.34. The minimum atomic E-state index is -5.77. The van der Waals surface area contributed by atoms with Gasteiger partial charge in [-0.3, -0.25) is 0 Å². The summed E-state index contributed by atoms with van der Waals surface area (Å²) in [4.78, 5) is 15.2. The summed E-state index contributed by atoms with van der Waals surface area (Å²) in [5, 5.41) is 3.88. The van der Waals surface area contributed by atoms with Crippen LogP contribution in [0.2, 0.25) is 0 Å². The Morgan fingerprint density at radius 2 is 2.00 bits per heavy atom. The van der Waals surface area contributed by atoms with Crippen LogP contribution in [-0.4, -0.2) is 41.3 Å². The number of aromatic nitrogens is 3. The van der Waals surface area contributed by atoms with Crippen LogP contribution in [0.4, 0.5) is 13.2 Å². The second-order valence-corrected chi connectivity index (χ2v) is 5.74. The van der Waals surface area contributed by atoms with Crippen molar-refractivity contribution in [1.29, 1.82) is 0 Å². The predicted molar refractivity (Wildman–Crippen MR) is 72.9 cm³/mol. The van der Waals surface area contributed by atoms with Crippen LogP contribution in [0.3, 0.4) is 0 Å². The Balaban J connectivity index is 2.17. The van der Waals surface area contributed by atoms with Gasteiger partial charge in [0.05, 0.1) is 12.8 Å². The van der Waals surface area contributed by atoms with E-state index in [-0.39, 0.29) is 18.1 Å². The first-order valence-corrected chi connectivity index (χ1v) is 7.75. The fourth-order valence-electron chi connectivity index (χ4n) is 1.50. The number of alkyl halides is 3. The molecule has 0 aliphatic heterocycles. The van der Waals surface area contributed by atoms with Gasteiger partial charge in [0, 0.05) is 6.20 Å². The summed E-state index contributed by atoms with van der Waals surface area (Å²) in [6.07, 6.45) is 2.16. The number of pyridine rings is 1. The fraction of sp³-hybridized carbons (Fsp3) is 0.250. The van der Waals surface area contributed by atoms with Crippen LogP contribution in [0.1, 0.15) is 17.4 Å². The third kappa shape index (κ3) is 3.82. The van der Waals surface area contributed by atoms with Crippen molar-refractivity contribution in [1.82, 2.24) is 14.8 Å². The Labute approximate surface area is 133 Å². The number of rotatable bonds is 5. The van der Waals surface area contributed by atoms with Crippen LogP contribution < -0.4 is 4.18 Å². The average Bonchev–Trinajstić information content (AvgIpc) is 2.96. The Morgan fingerprint density at radius 3 is 2.54 bits per heavy atom. The summed E-state index contributed by atoms with van der Waals surface area (Å²) >= 11 is 0. The second-order valence-electron chi connectivity index (χ2n) is 4.20. The summed E-state index contributed by atoms with van der Waals surface area (Å²) in [7, 11) is -5.77. The van der Waals surface area contributed by atoms with Crippen LogP contribution in [0.15, 0.2) is 30.6 Å². The molecule has 2 rings (SSSR count). The minimum Gasteiger partial charge on any atom is -0.461 e. The third-order valence-corrected chi connectivity index (χ3v) is 3.50. The SMILES string of the molecule is CCOC(=O)c1ccn(-c2ccc(OS(=O)(=O)C(F)(F)F)cn2)n1. The molecule has 8 nitrogen and oxygen atoms in total. The molecule has 2 aromatic rings. The molecular weight excluding hydrogens is 355 g/mol.